The van der Waals surface area contributed by atoms with Crippen molar-refractivity contribution in [1.29, 1.82) is 0 Å². The average molecular weight is 337 g/mol. The molecule has 0 saturated carbocycles. The van der Waals surface area contributed by atoms with E-state index in [9.17, 15) is 4.79 Å². The van der Waals surface area contributed by atoms with Gasteiger partial charge in [-0.25, -0.2) is 0 Å². The standard InChI is InChI=1S/C12H15BrClNO3/c1-17-7-9(6-13)15-12(16)10-4-3-8(14)5-11(10)18-2/h3-5,9H,6-7H2,1-2H3,(H,15,16). The van der Waals surface area contributed by atoms with Gasteiger partial charge in [0.1, 0.15) is 5.75 Å². The maximum atomic E-state index is 12.1. The van der Waals surface area contributed by atoms with Gasteiger partial charge in [0.15, 0.2) is 0 Å². The fourth-order valence-corrected chi connectivity index (χ4v) is 1.95. The first-order valence-electron chi connectivity index (χ1n) is 5.31. The molecule has 1 aromatic rings. The van der Waals surface area contributed by atoms with Gasteiger partial charge >= 0.3 is 0 Å². The Balaban J connectivity index is 2.83. The number of alkyl halides is 1. The van der Waals surface area contributed by atoms with Crippen LogP contribution in [0.1, 0.15) is 10.4 Å². The highest BCUT2D eigenvalue weighted by Gasteiger charge is 2.16. The number of hydrogen-bond acceptors (Lipinski definition) is 3. The largest absolute Gasteiger partial charge is 0.496 e. The van der Waals surface area contributed by atoms with Crippen molar-refractivity contribution in [1.82, 2.24) is 5.32 Å². The number of amides is 1. The first-order valence-corrected chi connectivity index (χ1v) is 6.81. The molecule has 1 atom stereocenters. The van der Waals surface area contributed by atoms with Crippen molar-refractivity contribution in [2.75, 3.05) is 26.2 Å². The highest BCUT2D eigenvalue weighted by atomic mass is 79.9. The Kier molecular flexibility index (Phi) is 6.46. The number of benzene rings is 1. The minimum absolute atomic E-state index is 0.0946. The molecule has 0 aliphatic heterocycles. The summed E-state index contributed by atoms with van der Waals surface area (Å²) in [5.41, 5.74) is 0.448. The highest BCUT2D eigenvalue weighted by Crippen LogP contribution is 2.23. The van der Waals surface area contributed by atoms with Crippen molar-refractivity contribution in [2.45, 2.75) is 6.04 Å². The number of methoxy groups -OCH3 is 2. The summed E-state index contributed by atoms with van der Waals surface area (Å²) in [6, 6.07) is 4.80. The van der Waals surface area contributed by atoms with Gasteiger partial charge in [0.05, 0.1) is 25.3 Å². The van der Waals surface area contributed by atoms with Crippen LogP contribution in [0.25, 0.3) is 0 Å². The first-order chi connectivity index (χ1) is 8.62. The zero-order chi connectivity index (χ0) is 13.5. The van der Waals surface area contributed by atoms with Gasteiger partial charge in [-0.15, -0.1) is 0 Å². The summed E-state index contributed by atoms with van der Waals surface area (Å²) in [5, 5.41) is 3.98. The summed E-state index contributed by atoms with van der Waals surface area (Å²) < 4.78 is 10.1. The lowest BCUT2D eigenvalue weighted by molar-refractivity contribution is 0.0905. The van der Waals surface area contributed by atoms with E-state index in [1.165, 1.54) is 7.11 Å². The molecule has 1 unspecified atom stereocenters. The smallest absolute Gasteiger partial charge is 0.255 e. The normalized spacial score (nSPS) is 12.0. The molecule has 0 fully saturated rings. The maximum Gasteiger partial charge on any atom is 0.255 e. The predicted octanol–water partition coefficient (Wildman–Crippen LogP) is 2.49. The van der Waals surface area contributed by atoms with E-state index in [0.29, 0.717) is 28.3 Å². The van der Waals surface area contributed by atoms with E-state index in [1.807, 2.05) is 0 Å². The van der Waals surface area contributed by atoms with E-state index < -0.39 is 0 Å². The molecule has 0 bridgehead atoms. The SMILES string of the molecule is COCC(CBr)NC(=O)c1ccc(Cl)cc1OC. The maximum absolute atomic E-state index is 12.1. The number of hydrogen-bond donors (Lipinski definition) is 1. The lowest BCUT2D eigenvalue weighted by Crippen LogP contribution is -2.39. The molecule has 0 saturated heterocycles. The van der Waals surface area contributed by atoms with Crippen LogP contribution < -0.4 is 10.1 Å². The third-order valence-corrected chi connectivity index (χ3v) is 3.31. The third kappa shape index (κ3) is 4.15. The zero-order valence-corrected chi connectivity index (χ0v) is 12.5. The van der Waals surface area contributed by atoms with Gasteiger partial charge in [-0.3, -0.25) is 4.79 Å². The molecule has 0 heterocycles. The van der Waals surface area contributed by atoms with E-state index in [1.54, 1.807) is 25.3 Å². The van der Waals surface area contributed by atoms with E-state index in [4.69, 9.17) is 21.1 Å². The molecule has 1 N–H and O–H groups in total. The van der Waals surface area contributed by atoms with Gasteiger partial charge in [-0.1, -0.05) is 27.5 Å². The molecule has 0 spiro atoms. The molecule has 1 rings (SSSR count). The van der Waals surface area contributed by atoms with Crippen LogP contribution in [0.5, 0.6) is 5.75 Å². The summed E-state index contributed by atoms with van der Waals surface area (Å²) in [5.74, 6) is 0.232. The first kappa shape index (κ1) is 15.3. The van der Waals surface area contributed by atoms with Gasteiger partial charge in [-0.2, -0.15) is 0 Å². The second-order valence-corrected chi connectivity index (χ2v) is 4.71. The van der Waals surface area contributed by atoms with E-state index in [2.05, 4.69) is 21.2 Å². The Labute approximate surface area is 120 Å². The van der Waals surface area contributed by atoms with Crippen LogP contribution in [0.2, 0.25) is 5.02 Å². The molecule has 1 amide bonds. The Morgan fingerprint density at radius 1 is 1.50 bits per heavy atom. The number of rotatable bonds is 6. The molecule has 18 heavy (non-hydrogen) atoms. The van der Waals surface area contributed by atoms with Gasteiger partial charge in [0.2, 0.25) is 0 Å². The van der Waals surface area contributed by atoms with Gasteiger partial charge < -0.3 is 14.8 Å². The number of carbonyl (C=O) groups is 1. The van der Waals surface area contributed by atoms with Crippen molar-refractivity contribution in [3.8, 4) is 5.75 Å². The molecule has 1 aromatic carbocycles. The Hall–Kier alpha value is -0.780. The number of ether oxygens (including phenoxy) is 2. The van der Waals surface area contributed by atoms with Crippen LogP contribution in [0.4, 0.5) is 0 Å². The fraction of sp³-hybridized carbons (Fsp3) is 0.417. The molecular formula is C12H15BrClNO3. The second-order valence-electron chi connectivity index (χ2n) is 3.62. The summed E-state index contributed by atoms with van der Waals surface area (Å²) in [6.07, 6.45) is 0. The van der Waals surface area contributed by atoms with Gasteiger partial charge in [0, 0.05) is 17.5 Å². The van der Waals surface area contributed by atoms with Crippen molar-refractivity contribution >= 4 is 33.4 Å². The fourth-order valence-electron chi connectivity index (χ4n) is 1.44. The van der Waals surface area contributed by atoms with Crippen molar-refractivity contribution in [3.63, 3.8) is 0 Å². The Bertz CT molecular complexity index is 414. The number of halogens is 2. The summed E-state index contributed by atoms with van der Waals surface area (Å²) in [6.45, 7) is 0.437. The van der Waals surface area contributed by atoms with Crippen molar-refractivity contribution < 1.29 is 14.3 Å². The minimum atomic E-state index is -0.218. The van der Waals surface area contributed by atoms with Crippen LogP contribution in [0.15, 0.2) is 18.2 Å². The van der Waals surface area contributed by atoms with Crippen LogP contribution in [-0.2, 0) is 4.74 Å². The van der Waals surface area contributed by atoms with Crippen molar-refractivity contribution in [3.05, 3.63) is 28.8 Å². The van der Waals surface area contributed by atoms with E-state index in [-0.39, 0.29) is 11.9 Å². The highest BCUT2D eigenvalue weighted by molar-refractivity contribution is 9.09. The lowest BCUT2D eigenvalue weighted by atomic mass is 10.1. The summed E-state index contributed by atoms with van der Waals surface area (Å²) in [4.78, 5) is 12.1. The molecule has 4 nitrogen and oxygen atoms in total. The second kappa shape index (κ2) is 7.61. The zero-order valence-electron chi connectivity index (χ0n) is 10.2. The van der Waals surface area contributed by atoms with Crippen LogP contribution in [0, 0.1) is 0 Å². The molecule has 0 aliphatic rings. The molecule has 100 valence electrons. The topological polar surface area (TPSA) is 47.6 Å². The number of carbonyl (C=O) groups excluding carboxylic acids is 1. The van der Waals surface area contributed by atoms with E-state index in [0.717, 1.165) is 0 Å². The van der Waals surface area contributed by atoms with Gasteiger partial charge in [0.25, 0.3) is 5.91 Å². The Morgan fingerprint density at radius 2 is 2.22 bits per heavy atom. The minimum Gasteiger partial charge on any atom is -0.496 e. The number of nitrogens with one attached hydrogen (secondary N) is 1. The molecular weight excluding hydrogens is 321 g/mol. The monoisotopic (exact) mass is 335 g/mol. The van der Waals surface area contributed by atoms with Crippen LogP contribution in [-0.4, -0.2) is 38.1 Å². The quantitative estimate of drug-likeness (QED) is 0.812. The average Bonchev–Trinajstić information content (AvgIpc) is 2.37. The third-order valence-electron chi connectivity index (χ3n) is 2.30. The predicted molar refractivity (Wildman–Crippen MR) is 74.9 cm³/mol. The molecule has 6 heteroatoms. The molecule has 0 radical (unpaired) electrons. The lowest BCUT2D eigenvalue weighted by Gasteiger charge is -2.16. The van der Waals surface area contributed by atoms with Crippen LogP contribution in [0.3, 0.4) is 0 Å². The summed E-state index contributed by atoms with van der Waals surface area (Å²) in [7, 11) is 3.09. The van der Waals surface area contributed by atoms with Crippen LogP contribution >= 0.6 is 27.5 Å². The molecule has 0 aromatic heterocycles. The molecule has 0 aliphatic carbocycles. The Morgan fingerprint density at radius 3 is 2.78 bits per heavy atom. The van der Waals surface area contributed by atoms with E-state index >= 15 is 0 Å². The van der Waals surface area contributed by atoms with Crippen molar-refractivity contribution in [2.24, 2.45) is 0 Å². The summed E-state index contributed by atoms with van der Waals surface area (Å²) >= 11 is 9.16. The van der Waals surface area contributed by atoms with Gasteiger partial charge in [-0.05, 0) is 18.2 Å².